The van der Waals surface area contributed by atoms with E-state index in [9.17, 15) is 9.59 Å². The molecule has 106 valence electrons. The van der Waals surface area contributed by atoms with Gasteiger partial charge in [-0.15, -0.1) is 6.42 Å². The molecule has 0 aromatic heterocycles. The van der Waals surface area contributed by atoms with Crippen LogP contribution in [0.15, 0.2) is 18.2 Å². The zero-order valence-corrected chi connectivity index (χ0v) is 13.2. The summed E-state index contributed by atoms with van der Waals surface area (Å²) in [6.07, 6.45) is 5.16. The molecule has 6 heteroatoms. The first-order chi connectivity index (χ1) is 9.42. The number of carbonyl (C=O) groups is 2. The summed E-state index contributed by atoms with van der Waals surface area (Å²) in [6, 6.07) is 5.66. The molecule has 1 rings (SSSR count). The van der Waals surface area contributed by atoms with Gasteiger partial charge in [0.15, 0.2) is 0 Å². The van der Waals surface area contributed by atoms with E-state index in [4.69, 9.17) is 11.5 Å². The minimum atomic E-state index is -1.02. The minimum Gasteiger partial charge on any atom is -0.480 e. The summed E-state index contributed by atoms with van der Waals surface area (Å²) >= 11 is 2.19. The van der Waals surface area contributed by atoms with Crippen molar-refractivity contribution in [3.63, 3.8) is 0 Å². The third kappa shape index (κ3) is 5.59. The Balaban J connectivity index is 2.65. The SMILES string of the molecule is C#CCN(CC(=O)O)CC(=O)Nc1ccc(I)cc1C. The van der Waals surface area contributed by atoms with E-state index < -0.39 is 5.97 Å². The molecule has 0 aliphatic rings. The number of hydrogen-bond donors (Lipinski definition) is 2. The standard InChI is InChI=1S/C14H15IN2O3/c1-3-6-17(9-14(19)20)8-13(18)16-12-5-4-11(15)7-10(12)2/h1,4-5,7H,6,8-9H2,2H3,(H,16,18)(H,19,20). The van der Waals surface area contributed by atoms with Gasteiger partial charge in [-0.1, -0.05) is 5.92 Å². The topological polar surface area (TPSA) is 69.6 Å². The Morgan fingerprint density at radius 1 is 1.45 bits per heavy atom. The number of terminal acetylenes is 1. The molecule has 0 spiro atoms. The zero-order valence-electron chi connectivity index (χ0n) is 11.0. The quantitative estimate of drug-likeness (QED) is 0.575. The summed E-state index contributed by atoms with van der Waals surface area (Å²) in [7, 11) is 0. The van der Waals surface area contributed by atoms with Gasteiger partial charge < -0.3 is 10.4 Å². The lowest BCUT2D eigenvalue weighted by atomic mass is 10.2. The van der Waals surface area contributed by atoms with Crippen molar-refractivity contribution in [1.29, 1.82) is 0 Å². The van der Waals surface area contributed by atoms with Crippen LogP contribution in [0.25, 0.3) is 0 Å². The smallest absolute Gasteiger partial charge is 0.317 e. The van der Waals surface area contributed by atoms with Gasteiger partial charge in [-0.25, -0.2) is 0 Å². The van der Waals surface area contributed by atoms with Gasteiger partial charge in [-0.05, 0) is 53.3 Å². The Kier molecular flexibility index (Phi) is 6.48. The third-order valence-electron chi connectivity index (χ3n) is 2.50. The lowest BCUT2D eigenvalue weighted by molar-refractivity contribution is -0.138. The first-order valence-corrected chi connectivity index (χ1v) is 6.94. The van der Waals surface area contributed by atoms with E-state index in [1.165, 1.54) is 4.90 Å². The summed E-state index contributed by atoms with van der Waals surface area (Å²) in [6.45, 7) is 1.70. The summed E-state index contributed by atoms with van der Waals surface area (Å²) in [5.74, 6) is 1.04. The van der Waals surface area contributed by atoms with Gasteiger partial charge in [0.1, 0.15) is 0 Å². The molecular formula is C14H15IN2O3. The number of amides is 1. The van der Waals surface area contributed by atoms with Crippen molar-refractivity contribution < 1.29 is 14.7 Å². The van der Waals surface area contributed by atoms with Gasteiger partial charge in [-0.2, -0.15) is 0 Å². The number of rotatable bonds is 6. The average Bonchev–Trinajstić information content (AvgIpc) is 2.32. The van der Waals surface area contributed by atoms with Gasteiger partial charge in [0.25, 0.3) is 0 Å². The van der Waals surface area contributed by atoms with Crippen molar-refractivity contribution in [2.45, 2.75) is 6.92 Å². The predicted octanol–water partition coefficient (Wildman–Crippen LogP) is 1.56. The number of aliphatic carboxylic acids is 1. The number of benzene rings is 1. The van der Waals surface area contributed by atoms with Crippen LogP contribution in [-0.2, 0) is 9.59 Å². The highest BCUT2D eigenvalue weighted by atomic mass is 127. The number of carboxylic acid groups (broad SMARTS) is 1. The Bertz CT molecular complexity index is 552. The number of carboxylic acids is 1. The fourth-order valence-electron chi connectivity index (χ4n) is 1.65. The van der Waals surface area contributed by atoms with Crippen molar-refractivity contribution >= 4 is 40.2 Å². The largest absolute Gasteiger partial charge is 0.480 e. The molecule has 5 nitrogen and oxygen atoms in total. The van der Waals surface area contributed by atoms with Crippen LogP contribution in [0.4, 0.5) is 5.69 Å². The zero-order chi connectivity index (χ0) is 15.1. The second kappa shape index (κ2) is 7.87. The highest BCUT2D eigenvalue weighted by molar-refractivity contribution is 14.1. The van der Waals surface area contributed by atoms with Crippen molar-refractivity contribution in [3.8, 4) is 12.3 Å². The molecule has 0 bridgehead atoms. The van der Waals surface area contributed by atoms with E-state index in [1.54, 1.807) is 0 Å². The van der Waals surface area contributed by atoms with Crippen LogP contribution in [0.2, 0.25) is 0 Å². The maximum Gasteiger partial charge on any atom is 0.317 e. The van der Waals surface area contributed by atoms with Crippen LogP contribution in [0, 0.1) is 22.8 Å². The van der Waals surface area contributed by atoms with Gasteiger partial charge in [-0.3, -0.25) is 14.5 Å². The number of aryl methyl sites for hydroxylation is 1. The lowest BCUT2D eigenvalue weighted by Gasteiger charge is -2.17. The van der Waals surface area contributed by atoms with Crippen molar-refractivity contribution in [3.05, 3.63) is 27.3 Å². The molecule has 0 saturated heterocycles. The number of halogens is 1. The highest BCUT2D eigenvalue weighted by Gasteiger charge is 2.13. The molecule has 20 heavy (non-hydrogen) atoms. The maximum atomic E-state index is 11.9. The molecule has 1 amide bonds. The predicted molar refractivity (Wildman–Crippen MR) is 85.4 cm³/mol. The molecule has 0 saturated carbocycles. The molecule has 0 fully saturated rings. The first-order valence-electron chi connectivity index (χ1n) is 5.86. The minimum absolute atomic E-state index is 0.0536. The number of nitrogens with one attached hydrogen (secondary N) is 1. The fraction of sp³-hybridized carbons (Fsp3) is 0.286. The molecule has 0 unspecified atom stereocenters. The molecule has 0 aliphatic heterocycles. The second-order valence-electron chi connectivity index (χ2n) is 4.25. The molecule has 2 N–H and O–H groups in total. The van der Waals surface area contributed by atoms with Gasteiger partial charge in [0.05, 0.1) is 19.6 Å². The Morgan fingerprint density at radius 3 is 2.70 bits per heavy atom. The highest BCUT2D eigenvalue weighted by Crippen LogP contribution is 2.17. The van der Waals surface area contributed by atoms with E-state index in [0.29, 0.717) is 5.69 Å². The van der Waals surface area contributed by atoms with Gasteiger partial charge in [0.2, 0.25) is 5.91 Å². The Hall–Kier alpha value is -1.59. The van der Waals surface area contributed by atoms with Crippen LogP contribution in [-0.4, -0.2) is 41.5 Å². The molecule has 0 aliphatic carbocycles. The van der Waals surface area contributed by atoms with Crippen LogP contribution >= 0.6 is 22.6 Å². The average molecular weight is 386 g/mol. The number of carbonyl (C=O) groups excluding carboxylic acids is 1. The van der Waals surface area contributed by atoms with Crippen molar-refractivity contribution in [2.24, 2.45) is 0 Å². The molecular weight excluding hydrogens is 371 g/mol. The van der Waals surface area contributed by atoms with E-state index in [-0.39, 0.29) is 25.5 Å². The van der Waals surface area contributed by atoms with E-state index in [1.807, 2.05) is 25.1 Å². The fourth-order valence-corrected chi connectivity index (χ4v) is 2.30. The van der Waals surface area contributed by atoms with Crippen LogP contribution < -0.4 is 5.32 Å². The van der Waals surface area contributed by atoms with E-state index >= 15 is 0 Å². The van der Waals surface area contributed by atoms with Crippen molar-refractivity contribution in [1.82, 2.24) is 4.90 Å². The van der Waals surface area contributed by atoms with Crippen LogP contribution in [0.3, 0.4) is 0 Å². The monoisotopic (exact) mass is 386 g/mol. The number of anilines is 1. The van der Waals surface area contributed by atoms with Crippen molar-refractivity contribution in [2.75, 3.05) is 25.0 Å². The first kappa shape index (κ1) is 16.5. The van der Waals surface area contributed by atoms with E-state index in [2.05, 4.69) is 33.8 Å². The van der Waals surface area contributed by atoms with Crippen LogP contribution in [0.1, 0.15) is 5.56 Å². The Morgan fingerprint density at radius 2 is 2.15 bits per heavy atom. The molecule has 1 aromatic carbocycles. The number of nitrogens with zero attached hydrogens (tertiary/aromatic N) is 1. The van der Waals surface area contributed by atoms with Crippen LogP contribution in [0.5, 0.6) is 0 Å². The summed E-state index contributed by atoms with van der Waals surface area (Å²) < 4.78 is 1.08. The van der Waals surface area contributed by atoms with Gasteiger partial charge in [0, 0.05) is 9.26 Å². The summed E-state index contributed by atoms with van der Waals surface area (Å²) in [5.41, 5.74) is 1.67. The summed E-state index contributed by atoms with van der Waals surface area (Å²) in [4.78, 5) is 24.0. The second-order valence-corrected chi connectivity index (χ2v) is 5.50. The van der Waals surface area contributed by atoms with Gasteiger partial charge >= 0.3 is 5.97 Å². The molecule has 1 aromatic rings. The maximum absolute atomic E-state index is 11.9. The lowest BCUT2D eigenvalue weighted by Crippen LogP contribution is -2.37. The van der Waals surface area contributed by atoms with E-state index in [0.717, 1.165) is 9.13 Å². The normalized spacial score (nSPS) is 10.1. The molecule has 0 radical (unpaired) electrons. The molecule has 0 heterocycles. The molecule has 0 atom stereocenters. The number of hydrogen-bond acceptors (Lipinski definition) is 3. The Labute approximate surface area is 131 Å². The summed E-state index contributed by atoms with van der Waals surface area (Å²) in [5, 5.41) is 11.5. The third-order valence-corrected chi connectivity index (χ3v) is 3.17.